The highest BCUT2D eigenvalue weighted by molar-refractivity contribution is 7.92. The first-order valence-electron chi connectivity index (χ1n) is 15.6. The lowest BCUT2D eigenvalue weighted by molar-refractivity contribution is 0.0982. The molecule has 1 unspecified atom stereocenters. The molecule has 5 heterocycles. The number of sulfonamides is 1. The Hall–Kier alpha value is -3.58. The second-order valence-electron chi connectivity index (χ2n) is 12.7. The van der Waals surface area contributed by atoms with Gasteiger partial charge in [0.2, 0.25) is 15.8 Å². The average molecular weight is 618 g/mol. The molecule has 44 heavy (non-hydrogen) atoms. The number of benzene rings is 2. The van der Waals surface area contributed by atoms with Crippen molar-refractivity contribution in [2.45, 2.75) is 38.0 Å². The number of aromatic nitrogens is 1. The van der Waals surface area contributed by atoms with Crippen molar-refractivity contribution in [2.24, 2.45) is 10.7 Å². The number of H-pyrrole nitrogens is 1. The third-order valence-corrected chi connectivity index (χ3v) is 10.9. The van der Waals surface area contributed by atoms with E-state index >= 15 is 0 Å². The Morgan fingerprint density at radius 1 is 1.02 bits per heavy atom. The molecule has 0 spiro atoms. The summed E-state index contributed by atoms with van der Waals surface area (Å²) in [6, 6.07) is 14.8. The summed E-state index contributed by atoms with van der Waals surface area (Å²) < 4.78 is 26.6. The first-order chi connectivity index (χ1) is 21.1. The van der Waals surface area contributed by atoms with Gasteiger partial charge < -0.3 is 25.4 Å². The van der Waals surface area contributed by atoms with Gasteiger partial charge in [0.15, 0.2) is 0 Å². The third kappa shape index (κ3) is 5.33. The topological polar surface area (TPSA) is 125 Å². The number of para-hydroxylation sites is 1. The zero-order valence-electron chi connectivity index (χ0n) is 25.8. The van der Waals surface area contributed by atoms with Gasteiger partial charge in [0.05, 0.1) is 23.2 Å². The van der Waals surface area contributed by atoms with Gasteiger partial charge in [0.25, 0.3) is 0 Å². The smallest absolute Gasteiger partial charge is 0.232 e. The summed E-state index contributed by atoms with van der Waals surface area (Å²) in [5.74, 6) is 0.0982. The van der Waals surface area contributed by atoms with Crippen LogP contribution in [0.25, 0.3) is 0 Å². The summed E-state index contributed by atoms with van der Waals surface area (Å²) in [7, 11) is -1.21. The fourth-order valence-corrected chi connectivity index (χ4v) is 8.22. The Labute approximate surface area is 260 Å². The van der Waals surface area contributed by atoms with Crippen LogP contribution >= 0.6 is 0 Å². The van der Waals surface area contributed by atoms with Gasteiger partial charge in [-0.3, -0.25) is 14.9 Å². The van der Waals surface area contributed by atoms with E-state index in [1.54, 1.807) is 0 Å². The number of fused-ring (bicyclic) bond motifs is 2. The van der Waals surface area contributed by atoms with Crippen molar-refractivity contribution in [3.63, 3.8) is 0 Å². The van der Waals surface area contributed by atoms with Gasteiger partial charge in [-0.25, -0.2) is 13.4 Å². The molecule has 0 radical (unpaired) electrons. The molecule has 2 fully saturated rings. The molecular weight excluding hydrogens is 574 g/mol. The van der Waals surface area contributed by atoms with Gasteiger partial charge >= 0.3 is 0 Å². The van der Waals surface area contributed by atoms with Crippen LogP contribution in [0.5, 0.6) is 0 Å². The second kappa shape index (κ2) is 11.1. The molecule has 234 valence electrons. The van der Waals surface area contributed by atoms with Crippen LogP contribution in [0.1, 0.15) is 35.1 Å². The summed E-state index contributed by atoms with van der Waals surface area (Å²) in [6.07, 6.45) is 6.13. The molecule has 1 aromatic heterocycles. The van der Waals surface area contributed by atoms with Gasteiger partial charge in [-0.2, -0.15) is 0 Å². The highest BCUT2D eigenvalue weighted by atomic mass is 32.2. The Morgan fingerprint density at radius 3 is 2.52 bits per heavy atom. The summed E-state index contributed by atoms with van der Waals surface area (Å²) in [6.45, 7) is 9.33. The second-order valence-corrected chi connectivity index (χ2v) is 14.6. The number of hydrogen-bond donors (Lipinski definition) is 4. The first kappa shape index (κ1) is 29.1. The maximum absolute atomic E-state index is 12.6. The molecule has 7 rings (SSSR count). The molecule has 0 aliphatic carbocycles. The van der Waals surface area contributed by atoms with Crippen molar-refractivity contribution in [3.05, 3.63) is 70.9 Å². The van der Waals surface area contributed by atoms with E-state index in [1.807, 2.05) is 30.5 Å². The SMILES string of the molecule is Cc1cc(C2(N)N=C(Nc3cccc4c3N(S(C)(=O)=O)CC4)c3cc[nH]c3N2)ccc1N1CCC(N2CCN(C)CC2)CC1. The molecule has 4 aliphatic heterocycles. The van der Waals surface area contributed by atoms with Crippen molar-refractivity contribution < 1.29 is 8.42 Å². The van der Waals surface area contributed by atoms with Crippen molar-refractivity contribution in [1.82, 2.24) is 14.8 Å². The third-order valence-electron chi connectivity index (χ3n) is 9.71. The lowest BCUT2D eigenvalue weighted by Crippen LogP contribution is -2.52. The maximum Gasteiger partial charge on any atom is 0.232 e. The number of amidine groups is 1. The minimum atomic E-state index is -3.42. The number of piperidine rings is 1. The van der Waals surface area contributed by atoms with E-state index in [0.717, 1.165) is 48.7 Å². The molecule has 1 atom stereocenters. The van der Waals surface area contributed by atoms with E-state index < -0.39 is 15.8 Å². The molecule has 3 aromatic rings. The molecule has 0 saturated carbocycles. The average Bonchev–Trinajstić information content (AvgIpc) is 3.66. The largest absolute Gasteiger partial charge is 0.371 e. The molecule has 12 heteroatoms. The van der Waals surface area contributed by atoms with E-state index in [4.69, 9.17) is 10.7 Å². The van der Waals surface area contributed by atoms with Crippen molar-refractivity contribution in [1.29, 1.82) is 0 Å². The molecule has 2 saturated heterocycles. The number of aliphatic imine (C=N–C) groups is 1. The number of anilines is 4. The Balaban J connectivity index is 1.13. The van der Waals surface area contributed by atoms with Gasteiger partial charge in [0.1, 0.15) is 11.7 Å². The predicted molar refractivity (Wildman–Crippen MR) is 178 cm³/mol. The number of rotatable bonds is 5. The molecular formula is C32H43N9O2S. The number of aromatic amines is 1. The van der Waals surface area contributed by atoms with Crippen LogP contribution in [0.2, 0.25) is 0 Å². The highest BCUT2D eigenvalue weighted by Crippen LogP contribution is 2.39. The number of nitrogens with zero attached hydrogens (tertiary/aromatic N) is 5. The monoisotopic (exact) mass is 617 g/mol. The van der Waals surface area contributed by atoms with Crippen molar-refractivity contribution in [2.75, 3.05) is 79.0 Å². The van der Waals surface area contributed by atoms with Crippen LogP contribution in [0.3, 0.4) is 0 Å². The van der Waals surface area contributed by atoms with Gasteiger partial charge in [0, 0.05) is 69.3 Å². The number of hydrogen-bond acceptors (Lipinski definition) is 9. The molecule has 5 N–H and O–H groups in total. The number of nitrogens with two attached hydrogens (primary N) is 1. The Bertz CT molecular complexity index is 1690. The van der Waals surface area contributed by atoms with Gasteiger partial charge in [-0.15, -0.1) is 0 Å². The molecule has 0 amide bonds. The molecule has 11 nitrogen and oxygen atoms in total. The fourth-order valence-electron chi connectivity index (χ4n) is 7.25. The quantitative estimate of drug-likeness (QED) is 0.345. The van der Waals surface area contributed by atoms with Gasteiger partial charge in [-0.05, 0) is 68.6 Å². The van der Waals surface area contributed by atoms with Crippen LogP contribution in [-0.2, 0) is 22.2 Å². The van der Waals surface area contributed by atoms with E-state index in [2.05, 4.69) is 62.5 Å². The molecule has 2 aromatic carbocycles. The first-order valence-corrected chi connectivity index (χ1v) is 17.4. The van der Waals surface area contributed by atoms with Crippen LogP contribution in [0.15, 0.2) is 53.7 Å². The summed E-state index contributed by atoms with van der Waals surface area (Å²) in [4.78, 5) is 15.9. The summed E-state index contributed by atoms with van der Waals surface area (Å²) >= 11 is 0. The van der Waals surface area contributed by atoms with E-state index in [1.165, 1.54) is 47.7 Å². The van der Waals surface area contributed by atoms with Crippen LogP contribution in [0, 0.1) is 6.92 Å². The number of likely N-dealkylation sites (N-methyl/N-ethyl adjacent to an activating group) is 1. The Morgan fingerprint density at radius 2 is 1.80 bits per heavy atom. The zero-order valence-corrected chi connectivity index (χ0v) is 26.6. The summed E-state index contributed by atoms with van der Waals surface area (Å²) in [5, 5.41) is 6.86. The Kier molecular flexibility index (Phi) is 7.35. The van der Waals surface area contributed by atoms with Crippen molar-refractivity contribution in [3.8, 4) is 0 Å². The van der Waals surface area contributed by atoms with Crippen LogP contribution in [-0.4, -0.2) is 94.2 Å². The van der Waals surface area contributed by atoms with Crippen LogP contribution < -0.4 is 25.6 Å². The molecule has 0 bridgehead atoms. The van der Waals surface area contributed by atoms with Gasteiger partial charge in [-0.1, -0.05) is 18.2 Å². The number of nitrogens with one attached hydrogen (secondary N) is 3. The van der Waals surface area contributed by atoms with E-state index in [-0.39, 0.29) is 0 Å². The predicted octanol–water partition coefficient (Wildman–Crippen LogP) is 2.91. The lowest BCUT2D eigenvalue weighted by atomic mass is 9.98. The summed E-state index contributed by atoms with van der Waals surface area (Å²) in [5.41, 5.74) is 13.5. The highest BCUT2D eigenvalue weighted by Gasteiger charge is 2.36. The minimum absolute atomic E-state index is 0.427. The van der Waals surface area contributed by atoms with Crippen molar-refractivity contribution >= 4 is 38.7 Å². The number of piperazine rings is 1. The lowest BCUT2D eigenvalue weighted by Gasteiger charge is -2.43. The maximum atomic E-state index is 12.6. The standard InChI is InChI=1S/C32H43N9O2S/c1-22-21-24(7-8-28(22)40-14-11-25(12-15-40)39-19-17-38(2)18-20-39)32(33)36-30-26(9-13-34-30)31(37-32)35-27-6-4-5-23-10-16-41(29(23)27)44(3,42)43/h4-9,13,21,25,34,36H,10-12,14-20,33H2,1-3H3,(H,35,37). The normalized spacial score (nSPS) is 23.2. The van der Waals surface area contributed by atoms with E-state index in [9.17, 15) is 8.42 Å². The minimum Gasteiger partial charge on any atom is -0.371 e. The van der Waals surface area contributed by atoms with E-state index in [0.29, 0.717) is 36.2 Å². The number of aryl methyl sites for hydroxylation is 1. The fraction of sp³-hybridized carbons (Fsp3) is 0.469. The molecule has 4 aliphatic rings. The van der Waals surface area contributed by atoms with Crippen LogP contribution in [0.4, 0.5) is 22.9 Å². The zero-order chi connectivity index (χ0) is 30.6.